The third-order valence-corrected chi connectivity index (χ3v) is 17.7. The highest BCUT2D eigenvalue weighted by Gasteiger charge is 2.30. The third-order valence-electron chi connectivity index (χ3n) is 15.8. The molecule has 17 nitrogen and oxygen atoms in total. The van der Waals surface area contributed by atoms with Crippen LogP contribution in [-0.4, -0.2) is 96.7 Å². The monoisotopic (exact) mass is 1300 g/mol. The number of hydrogen-bond donors (Lipinski definition) is 3. The minimum absolute atomic E-state index is 0.103. The number of rotatable bonds is 66. The van der Waals surface area contributed by atoms with Crippen molar-refractivity contribution in [3.8, 4) is 0 Å². The number of hydrogen-bond acceptors (Lipinski definition) is 15. The molecule has 0 saturated carbocycles. The van der Waals surface area contributed by atoms with Crippen LogP contribution in [0.2, 0.25) is 0 Å². The molecule has 0 aromatic carbocycles. The highest BCUT2D eigenvalue weighted by atomic mass is 31.2. The lowest BCUT2D eigenvalue weighted by molar-refractivity contribution is -0.161. The molecule has 0 fully saturated rings. The van der Waals surface area contributed by atoms with Gasteiger partial charge in [-0.1, -0.05) is 287 Å². The van der Waals surface area contributed by atoms with Gasteiger partial charge in [-0.05, 0) is 49.4 Å². The average molecular weight is 1300 g/mol. The van der Waals surface area contributed by atoms with Gasteiger partial charge in [0.1, 0.15) is 19.3 Å². The zero-order valence-electron chi connectivity index (χ0n) is 57.3. The molecule has 0 aromatic heterocycles. The number of carbonyl (C=O) groups is 4. The second kappa shape index (κ2) is 58.8. The highest BCUT2D eigenvalue weighted by Crippen LogP contribution is 2.45. The van der Waals surface area contributed by atoms with Crippen LogP contribution in [0.3, 0.4) is 0 Å². The zero-order valence-corrected chi connectivity index (χ0v) is 59.1. The second-order valence-corrected chi connectivity index (χ2v) is 29.7. The lowest BCUT2D eigenvalue weighted by atomic mass is 10.0. The first kappa shape index (κ1) is 86.1. The summed E-state index contributed by atoms with van der Waals surface area (Å²) in [5.41, 5.74) is 0. The summed E-state index contributed by atoms with van der Waals surface area (Å²) in [4.78, 5) is 72.5. The summed E-state index contributed by atoms with van der Waals surface area (Å²) in [6, 6.07) is 0. The Morgan fingerprint density at radius 2 is 0.477 bits per heavy atom. The Balaban J connectivity index is 5.26. The maximum Gasteiger partial charge on any atom is 0.472 e. The van der Waals surface area contributed by atoms with E-state index in [0.29, 0.717) is 25.7 Å². The number of ether oxygens (including phenoxy) is 4. The average Bonchev–Trinajstić information content (AvgIpc) is 3.61. The van der Waals surface area contributed by atoms with E-state index in [2.05, 4.69) is 55.4 Å². The summed E-state index contributed by atoms with van der Waals surface area (Å²) in [5, 5.41) is 10.6. The molecule has 0 heterocycles. The Hall–Kier alpha value is -1.94. The predicted molar refractivity (Wildman–Crippen MR) is 354 cm³/mol. The molecule has 3 N–H and O–H groups in total. The van der Waals surface area contributed by atoms with E-state index >= 15 is 0 Å². The van der Waals surface area contributed by atoms with Gasteiger partial charge in [0.15, 0.2) is 12.2 Å². The van der Waals surface area contributed by atoms with Crippen molar-refractivity contribution in [2.45, 2.75) is 356 Å². The van der Waals surface area contributed by atoms with E-state index in [1.54, 1.807) is 0 Å². The third kappa shape index (κ3) is 62.8. The standard InChI is InChI=1S/C69H134O17P2/c1-59(2)45-37-29-21-13-10-9-11-15-27-35-43-51-68(73)85-64(55-79-66(71)49-41-33-25-16-12-14-22-30-38-46-60(3)4)57-83-87(75,76)81-53-63(70)54-82-88(77,78)84-58-65(86-69(74)52-44-36-28-20-18-24-32-40-48-62(7)8)56-80-67(72)50-42-34-26-19-17-23-31-39-47-61(5)6/h59-65,70H,9-58H2,1-8H3,(H,75,76)(H,77,78)/t63?,64-,65-/m1/s1. The van der Waals surface area contributed by atoms with E-state index in [1.807, 2.05) is 0 Å². The highest BCUT2D eigenvalue weighted by molar-refractivity contribution is 7.47. The number of carbonyl (C=O) groups excluding carboxylic acids is 4. The fraction of sp³-hybridized carbons (Fsp3) is 0.942. The van der Waals surface area contributed by atoms with E-state index in [-0.39, 0.29) is 25.7 Å². The van der Waals surface area contributed by atoms with Crippen molar-refractivity contribution >= 4 is 39.5 Å². The summed E-state index contributed by atoms with van der Waals surface area (Å²) < 4.78 is 68.2. The van der Waals surface area contributed by atoms with Crippen molar-refractivity contribution in [2.24, 2.45) is 23.7 Å². The van der Waals surface area contributed by atoms with Crippen LogP contribution < -0.4 is 0 Å². The van der Waals surface area contributed by atoms with Crippen LogP contribution in [-0.2, 0) is 65.4 Å². The molecular weight excluding hydrogens is 1160 g/mol. The van der Waals surface area contributed by atoms with Crippen LogP contribution in [0.15, 0.2) is 0 Å². The van der Waals surface area contributed by atoms with E-state index in [1.165, 1.54) is 141 Å². The van der Waals surface area contributed by atoms with Crippen molar-refractivity contribution in [2.75, 3.05) is 39.6 Å². The minimum atomic E-state index is -4.95. The molecule has 0 aliphatic carbocycles. The molecule has 0 aliphatic heterocycles. The molecular formula is C69H134O17P2. The Labute approximate surface area is 537 Å². The van der Waals surface area contributed by atoms with Crippen molar-refractivity contribution in [1.82, 2.24) is 0 Å². The van der Waals surface area contributed by atoms with Crippen molar-refractivity contribution in [1.29, 1.82) is 0 Å². The van der Waals surface area contributed by atoms with Crippen LogP contribution >= 0.6 is 15.6 Å². The molecule has 19 heteroatoms. The SMILES string of the molecule is CC(C)CCCCCCCCCCCCCC(=O)O[C@H](COC(=O)CCCCCCCCCCCC(C)C)COP(=O)(O)OCC(O)COP(=O)(O)OC[C@@H](COC(=O)CCCCCCCCCCC(C)C)OC(=O)CCCCCCCCCCC(C)C. The molecule has 0 saturated heterocycles. The number of esters is 4. The summed E-state index contributed by atoms with van der Waals surface area (Å²) in [6.07, 6.45) is 40.4. The largest absolute Gasteiger partial charge is 0.472 e. The topological polar surface area (TPSA) is 237 Å². The van der Waals surface area contributed by atoms with Gasteiger partial charge in [-0.15, -0.1) is 0 Å². The number of aliphatic hydroxyl groups is 1. The second-order valence-electron chi connectivity index (χ2n) is 26.8. The van der Waals surface area contributed by atoms with Gasteiger partial charge >= 0.3 is 39.5 Å². The maximum absolute atomic E-state index is 13.0. The van der Waals surface area contributed by atoms with Crippen LogP contribution in [0.4, 0.5) is 0 Å². The quantitative estimate of drug-likeness (QED) is 0.0222. The Morgan fingerprint density at radius 1 is 0.284 bits per heavy atom. The van der Waals surface area contributed by atoms with Crippen LogP contribution in [0.1, 0.15) is 338 Å². The smallest absolute Gasteiger partial charge is 0.462 e. The maximum atomic E-state index is 13.0. The van der Waals surface area contributed by atoms with Gasteiger partial charge in [-0.3, -0.25) is 37.3 Å². The number of phosphoric acid groups is 2. The van der Waals surface area contributed by atoms with Gasteiger partial charge in [0, 0.05) is 25.7 Å². The van der Waals surface area contributed by atoms with E-state index in [9.17, 15) is 43.2 Å². The fourth-order valence-electron chi connectivity index (χ4n) is 10.3. The predicted octanol–water partition coefficient (Wildman–Crippen LogP) is 19.3. The Bertz CT molecular complexity index is 1750. The van der Waals surface area contributed by atoms with Gasteiger partial charge in [0.05, 0.1) is 26.4 Å². The number of phosphoric ester groups is 2. The molecule has 88 heavy (non-hydrogen) atoms. The molecule has 0 spiro atoms. The summed E-state index contributed by atoms with van der Waals surface area (Å²) in [5.74, 6) is 0.821. The Kier molecular flexibility index (Phi) is 57.6. The first-order valence-electron chi connectivity index (χ1n) is 35.7. The first-order valence-corrected chi connectivity index (χ1v) is 38.7. The molecule has 0 aliphatic rings. The number of aliphatic hydroxyl groups excluding tert-OH is 1. The molecule has 3 unspecified atom stereocenters. The fourth-order valence-corrected chi connectivity index (χ4v) is 11.9. The van der Waals surface area contributed by atoms with Crippen molar-refractivity contribution in [3.63, 3.8) is 0 Å². The molecule has 0 aromatic rings. The van der Waals surface area contributed by atoms with Crippen LogP contribution in [0.25, 0.3) is 0 Å². The van der Waals surface area contributed by atoms with E-state index in [0.717, 1.165) is 114 Å². The molecule has 0 radical (unpaired) electrons. The summed E-state index contributed by atoms with van der Waals surface area (Å²) >= 11 is 0. The zero-order chi connectivity index (χ0) is 65.4. The van der Waals surface area contributed by atoms with Gasteiger partial charge < -0.3 is 33.8 Å². The van der Waals surface area contributed by atoms with E-state index < -0.39 is 97.5 Å². The van der Waals surface area contributed by atoms with Crippen molar-refractivity contribution < 1.29 is 80.2 Å². The van der Waals surface area contributed by atoms with Gasteiger partial charge in [0.2, 0.25) is 0 Å². The molecule has 0 amide bonds. The lowest BCUT2D eigenvalue weighted by Crippen LogP contribution is -2.30. The minimum Gasteiger partial charge on any atom is -0.462 e. The molecule has 0 bridgehead atoms. The van der Waals surface area contributed by atoms with Gasteiger partial charge in [0.25, 0.3) is 0 Å². The van der Waals surface area contributed by atoms with Crippen molar-refractivity contribution in [3.05, 3.63) is 0 Å². The Morgan fingerprint density at radius 3 is 0.705 bits per heavy atom. The first-order chi connectivity index (χ1) is 42.1. The van der Waals surface area contributed by atoms with E-state index in [4.69, 9.17) is 37.0 Å². The van der Waals surface area contributed by atoms with Gasteiger partial charge in [-0.2, -0.15) is 0 Å². The van der Waals surface area contributed by atoms with Crippen LogP contribution in [0.5, 0.6) is 0 Å². The molecule has 522 valence electrons. The van der Waals surface area contributed by atoms with Crippen LogP contribution in [0, 0.1) is 23.7 Å². The summed E-state index contributed by atoms with van der Waals surface area (Å²) in [7, 11) is -9.90. The lowest BCUT2D eigenvalue weighted by Gasteiger charge is -2.21. The normalized spacial score (nSPS) is 14.3. The molecule has 0 rings (SSSR count). The molecule has 5 atom stereocenters. The number of unbranched alkanes of at least 4 members (excludes halogenated alkanes) is 32. The van der Waals surface area contributed by atoms with Gasteiger partial charge in [-0.25, -0.2) is 9.13 Å². The summed E-state index contributed by atoms with van der Waals surface area (Å²) in [6.45, 7) is 14.0.